The van der Waals surface area contributed by atoms with Gasteiger partial charge < -0.3 is 19.6 Å². The second-order valence-electron chi connectivity index (χ2n) is 7.86. The van der Waals surface area contributed by atoms with Crippen LogP contribution in [0, 0.1) is 6.92 Å². The molecule has 0 radical (unpaired) electrons. The number of carbonyl (C=O) groups is 1. The smallest absolute Gasteiger partial charge is 0.348 e. The first-order valence-electron chi connectivity index (χ1n) is 11.1. The first kappa shape index (κ1) is 25.0. The number of aromatic nitrogens is 2. The van der Waals surface area contributed by atoms with E-state index in [4.69, 9.17) is 9.47 Å². The van der Waals surface area contributed by atoms with Gasteiger partial charge in [-0.1, -0.05) is 37.3 Å². The van der Waals surface area contributed by atoms with Crippen molar-refractivity contribution in [2.75, 3.05) is 26.3 Å². The number of hydrogen-bond acceptors (Lipinski definition) is 8. The highest BCUT2D eigenvalue weighted by Crippen LogP contribution is 2.27. The first-order chi connectivity index (χ1) is 15.9. The van der Waals surface area contributed by atoms with E-state index in [0.29, 0.717) is 46.2 Å². The number of nitrogens with zero attached hydrogens (tertiary/aromatic N) is 2. The Morgan fingerprint density at radius 1 is 1.27 bits per heavy atom. The molecular formula is C24H31N3O5S. The molecule has 0 aliphatic rings. The van der Waals surface area contributed by atoms with Crippen LogP contribution in [0.5, 0.6) is 0 Å². The van der Waals surface area contributed by atoms with Crippen molar-refractivity contribution in [1.82, 2.24) is 14.9 Å². The molecule has 33 heavy (non-hydrogen) atoms. The van der Waals surface area contributed by atoms with Gasteiger partial charge >= 0.3 is 5.97 Å². The maximum Gasteiger partial charge on any atom is 0.348 e. The number of H-pyrrole nitrogens is 1. The van der Waals surface area contributed by atoms with Crippen LogP contribution in [0.3, 0.4) is 0 Å². The van der Waals surface area contributed by atoms with Crippen LogP contribution < -0.4 is 5.56 Å². The fourth-order valence-corrected chi connectivity index (χ4v) is 4.75. The number of hydrogen-bond donors (Lipinski definition) is 2. The molecule has 2 aromatic heterocycles. The Hall–Kier alpha value is -2.59. The summed E-state index contributed by atoms with van der Waals surface area (Å²) in [4.78, 5) is 35.3. The number of benzene rings is 1. The number of aliphatic hydroxyl groups is 1. The van der Waals surface area contributed by atoms with Crippen LogP contribution in [0.25, 0.3) is 10.2 Å². The van der Waals surface area contributed by atoms with Gasteiger partial charge in [0.15, 0.2) is 0 Å². The molecule has 0 aliphatic carbocycles. The van der Waals surface area contributed by atoms with E-state index in [1.165, 1.54) is 11.3 Å². The maximum absolute atomic E-state index is 12.7. The van der Waals surface area contributed by atoms with Crippen molar-refractivity contribution in [3.8, 4) is 0 Å². The molecule has 3 rings (SSSR count). The monoisotopic (exact) mass is 473 g/mol. The number of thiophene rings is 1. The van der Waals surface area contributed by atoms with Gasteiger partial charge in [0.2, 0.25) is 0 Å². The molecule has 9 heteroatoms. The zero-order chi connectivity index (χ0) is 23.8. The number of esters is 1. The Kier molecular flexibility index (Phi) is 9.13. The third kappa shape index (κ3) is 6.70. The van der Waals surface area contributed by atoms with Gasteiger partial charge in [-0.3, -0.25) is 9.69 Å². The number of nitrogens with one attached hydrogen (secondary N) is 1. The minimum absolute atomic E-state index is 0.213. The molecule has 2 N–H and O–H groups in total. The Labute approximate surface area is 197 Å². The summed E-state index contributed by atoms with van der Waals surface area (Å²) in [7, 11) is 0. The van der Waals surface area contributed by atoms with Gasteiger partial charge in [-0.05, 0) is 37.9 Å². The molecule has 0 saturated heterocycles. The summed E-state index contributed by atoms with van der Waals surface area (Å²) in [5.74, 6) is 0.0557. The zero-order valence-corrected chi connectivity index (χ0v) is 20.1. The number of ether oxygens (including phenoxy) is 2. The topological polar surface area (TPSA) is 105 Å². The summed E-state index contributed by atoms with van der Waals surface area (Å²) in [5, 5.41) is 10.9. The Morgan fingerprint density at radius 2 is 2.03 bits per heavy atom. The van der Waals surface area contributed by atoms with E-state index in [2.05, 4.69) is 16.9 Å². The highest BCUT2D eigenvalue weighted by molar-refractivity contribution is 7.20. The van der Waals surface area contributed by atoms with Crippen LogP contribution >= 0.6 is 11.3 Å². The van der Waals surface area contributed by atoms with Crippen LogP contribution in [0.4, 0.5) is 0 Å². The molecule has 2 heterocycles. The molecule has 0 amide bonds. The second-order valence-corrected chi connectivity index (χ2v) is 8.86. The zero-order valence-electron chi connectivity index (χ0n) is 19.3. The van der Waals surface area contributed by atoms with Crippen molar-refractivity contribution in [2.24, 2.45) is 0 Å². The van der Waals surface area contributed by atoms with Gasteiger partial charge in [-0.2, -0.15) is 0 Å². The minimum Gasteiger partial charge on any atom is -0.462 e. The van der Waals surface area contributed by atoms with Crippen molar-refractivity contribution in [2.45, 2.75) is 46.4 Å². The molecule has 8 nitrogen and oxygen atoms in total. The average Bonchev–Trinajstić information content (AvgIpc) is 3.11. The molecule has 0 spiro atoms. The minimum atomic E-state index is -0.671. The van der Waals surface area contributed by atoms with Gasteiger partial charge in [0, 0.05) is 6.54 Å². The average molecular weight is 474 g/mol. The second kappa shape index (κ2) is 12.0. The fraction of sp³-hybridized carbons (Fsp3) is 0.458. The quantitative estimate of drug-likeness (QED) is 0.389. The molecular weight excluding hydrogens is 442 g/mol. The van der Waals surface area contributed by atoms with Gasteiger partial charge in [-0.15, -0.1) is 11.3 Å². The maximum atomic E-state index is 12.7. The molecule has 0 bridgehead atoms. The summed E-state index contributed by atoms with van der Waals surface area (Å²) in [6.07, 6.45) is 0.213. The van der Waals surface area contributed by atoms with Crippen LogP contribution in [0.1, 0.15) is 46.9 Å². The lowest BCUT2D eigenvalue weighted by atomic mass is 10.2. The molecule has 3 aromatic rings. The number of aryl methyl sites for hydroxylation is 1. The summed E-state index contributed by atoms with van der Waals surface area (Å²) >= 11 is 1.17. The number of carbonyl (C=O) groups excluding carboxylic acids is 1. The fourth-order valence-electron chi connectivity index (χ4n) is 3.66. The Bertz CT molecular complexity index is 1110. The summed E-state index contributed by atoms with van der Waals surface area (Å²) in [6, 6.07) is 9.81. The third-order valence-electron chi connectivity index (χ3n) is 5.11. The standard InChI is InChI=1S/C24H31N3O5S/c1-4-11-27(12-18(28)15-31-14-17-9-7-6-8-10-17)13-19-25-22(29)20-16(3)21(24(30)32-5-2)33-23(20)26-19/h6-10,18,28H,4-5,11-15H2,1-3H3,(H,25,26,29). The van der Waals surface area contributed by atoms with Crippen LogP contribution in [-0.4, -0.2) is 58.4 Å². The van der Waals surface area contributed by atoms with Gasteiger partial charge in [-0.25, -0.2) is 9.78 Å². The van der Waals surface area contributed by atoms with Crippen LogP contribution in [-0.2, 0) is 22.6 Å². The number of rotatable bonds is 12. The first-order valence-corrected chi connectivity index (χ1v) is 12.0. The number of fused-ring (bicyclic) bond motifs is 1. The number of aromatic amines is 1. The molecule has 0 saturated carbocycles. The van der Waals surface area contributed by atoms with Gasteiger partial charge in [0.05, 0.1) is 37.9 Å². The summed E-state index contributed by atoms with van der Waals surface area (Å²) < 4.78 is 10.7. The molecule has 1 atom stereocenters. The lowest BCUT2D eigenvalue weighted by Crippen LogP contribution is -2.36. The van der Waals surface area contributed by atoms with E-state index >= 15 is 0 Å². The van der Waals surface area contributed by atoms with Crippen molar-refractivity contribution in [1.29, 1.82) is 0 Å². The third-order valence-corrected chi connectivity index (χ3v) is 6.28. The van der Waals surface area contributed by atoms with E-state index in [1.807, 2.05) is 35.2 Å². The molecule has 0 aliphatic heterocycles. The van der Waals surface area contributed by atoms with Crippen molar-refractivity contribution >= 4 is 27.5 Å². The highest BCUT2D eigenvalue weighted by atomic mass is 32.1. The molecule has 1 unspecified atom stereocenters. The largest absolute Gasteiger partial charge is 0.462 e. The molecule has 1 aromatic carbocycles. The lowest BCUT2D eigenvalue weighted by molar-refractivity contribution is 0.00820. The van der Waals surface area contributed by atoms with Gasteiger partial charge in [0.1, 0.15) is 15.5 Å². The Balaban J connectivity index is 1.67. The van der Waals surface area contributed by atoms with Crippen molar-refractivity contribution in [3.63, 3.8) is 0 Å². The summed E-state index contributed by atoms with van der Waals surface area (Å²) in [5.41, 5.74) is 1.37. The van der Waals surface area contributed by atoms with E-state index in [0.717, 1.165) is 18.5 Å². The van der Waals surface area contributed by atoms with Crippen LogP contribution in [0.15, 0.2) is 35.1 Å². The SMILES string of the molecule is CCCN(Cc1nc2sc(C(=O)OCC)c(C)c2c(=O)[nH]1)CC(O)COCc1ccccc1. The summed E-state index contributed by atoms with van der Waals surface area (Å²) in [6.45, 7) is 7.95. The highest BCUT2D eigenvalue weighted by Gasteiger charge is 2.21. The molecule has 0 fully saturated rings. The van der Waals surface area contributed by atoms with Gasteiger partial charge in [0.25, 0.3) is 5.56 Å². The van der Waals surface area contributed by atoms with Crippen LogP contribution in [0.2, 0.25) is 0 Å². The van der Waals surface area contributed by atoms with Crippen molar-refractivity contribution < 1.29 is 19.4 Å². The lowest BCUT2D eigenvalue weighted by Gasteiger charge is -2.24. The predicted molar refractivity (Wildman–Crippen MR) is 129 cm³/mol. The predicted octanol–water partition coefficient (Wildman–Crippen LogP) is 3.26. The van der Waals surface area contributed by atoms with Crippen molar-refractivity contribution in [3.05, 3.63) is 62.5 Å². The van der Waals surface area contributed by atoms with E-state index in [1.54, 1.807) is 13.8 Å². The van der Waals surface area contributed by atoms with E-state index in [9.17, 15) is 14.7 Å². The normalized spacial score (nSPS) is 12.4. The molecule has 178 valence electrons. The van der Waals surface area contributed by atoms with E-state index < -0.39 is 12.1 Å². The Morgan fingerprint density at radius 3 is 2.73 bits per heavy atom. The van der Waals surface area contributed by atoms with E-state index in [-0.39, 0.29) is 18.8 Å². The number of aliphatic hydroxyl groups excluding tert-OH is 1.